The van der Waals surface area contributed by atoms with Gasteiger partial charge in [-0.1, -0.05) is 0 Å². The second-order valence-corrected chi connectivity index (χ2v) is 3.67. The largest absolute Gasteiger partial charge is 0.383 e. The van der Waals surface area contributed by atoms with Gasteiger partial charge in [0.05, 0.1) is 6.61 Å². The number of rotatable bonds is 6. The maximum absolute atomic E-state index is 11.5. The summed E-state index contributed by atoms with van der Waals surface area (Å²) in [6, 6.07) is 0.0704. The van der Waals surface area contributed by atoms with Crippen molar-refractivity contribution in [3.8, 4) is 0 Å². The number of hydrogen-bond donors (Lipinski definition) is 2. The standard InChI is InChI=1S/C10H21N3O2/c1-15-9-6-11-4-5-12-10(14)13-7-2-3-8-13/h11H,2-9H2,1H3,(H,12,14). The molecule has 5 nitrogen and oxygen atoms in total. The van der Waals surface area contributed by atoms with Gasteiger partial charge in [-0.05, 0) is 12.8 Å². The zero-order valence-corrected chi connectivity index (χ0v) is 9.42. The average molecular weight is 215 g/mol. The lowest BCUT2D eigenvalue weighted by Gasteiger charge is -2.16. The van der Waals surface area contributed by atoms with Crippen molar-refractivity contribution >= 4 is 6.03 Å². The fourth-order valence-electron chi connectivity index (χ4n) is 1.59. The molecule has 1 fully saturated rings. The zero-order valence-electron chi connectivity index (χ0n) is 9.42. The highest BCUT2D eigenvalue weighted by atomic mass is 16.5. The van der Waals surface area contributed by atoms with Crippen LogP contribution in [0.15, 0.2) is 0 Å². The fourth-order valence-corrected chi connectivity index (χ4v) is 1.59. The number of nitrogens with one attached hydrogen (secondary N) is 2. The van der Waals surface area contributed by atoms with Gasteiger partial charge in [0, 0.05) is 39.8 Å². The maximum Gasteiger partial charge on any atom is 0.317 e. The lowest BCUT2D eigenvalue weighted by molar-refractivity contribution is 0.198. The van der Waals surface area contributed by atoms with Crippen LogP contribution in [0.1, 0.15) is 12.8 Å². The normalized spacial score (nSPS) is 15.7. The highest BCUT2D eigenvalue weighted by Gasteiger charge is 2.16. The van der Waals surface area contributed by atoms with Gasteiger partial charge in [0.2, 0.25) is 0 Å². The molecule has 1 aliphatic heterocycles. The lowest BCUT2D eigenvalue weighted by Crippen LogP contribution is -2.41. The molecule has 2 amide bonds. The van der Waals surface area contributed by atoms with Crippen LogP contribution >= 0.6 is 0 Å². The molecule has 0 atom stereocenters. The number of methoxy groups -OCH3 is 1. The van der Waals surface area contributed by atoms with Crippen molar-refractivity contribution in [2.45, 2.75) is 12.8 Å². The fraction of sp³-hybridized carbons (Fsp3) is 0.900. The Morgan fingerprint density at radius 3 is 2.67 bits per heavy atom. The summed E-state index contributed by atoms with van der Waals surface area (Å²) >= 11 is 0. The molecular formula is C10H21N3O2. The molecule has 2 N–H and O–H groups in total. The van der Waals surface area contributed by atoms with Gasteiger partial charge in [0.25, 0.3) is 0 Å². The smallest absolute Gasteiger partial charge is 0.317 e. The van der Waals surface area contributed by atoms with E-state index in [4.69, 9.17) is 4.74 Å². The Morgan fingerprint density at radius 1 is 1.27 bits per heavy atom. The van der Waals surface area contributed by atoms with Crippen molar-refractivity contribution in [1.29, 1.82) is 0 Å². The van der Waals surface area contributed by atoms with Crippen molar-refractivity contribution in [3.63, 3.8) is 0 Å². The minimum Gasteiger partial charge on any atom is -0.383 e. The van der Waals surface area contributed by atoms with Gasteiger partial charge in [-0.3, -0.25) is 0 Å². The lowest BCUT2D eigenvalue weighted by atomic mass is 10.4. The third-order valence-electron chi connectivity index (χ3n) is 2.45. The molecule has 0 saturated carbocycles. The van der Waals surface area contributed by atoms with E-state index in [1.807, 2.05) is 4.90 Å². The molecule has 0 aliphatic carbocycles. The number of urea groups is 1. The number of amides is 2. The van der Waals surface area contributed by atoms with E-state index in [0.717, 1.165) is 39.0 Å². The second kappa shape index (κ2) is 7.48. The van der Waals surface area contributed by atoms with Gasteiger partial charge < -0.3 is 20.3 Å². The molecule has 0 aromatic rings. The van der Waals surface area contributed by atoms with Crippen LogP contribution in [0.4, 0.5) is 4.79 Å². The average Bonchev–Trinajstić information content (AvgIpc) is 2.76. The Hall–Kier alpha value is -0.810. The first-order valence-electron chi connectivity index (χ1n) is 5.57. The first-order chi connectivity index (χ1) is 7.34. The minimum atomic E-state index is 0.0704. The third-order valence-corrected chi connectivity index (χ3v) is 2.45. The molecular weight excluding hydrogens is 194 g/mol. The van der Waals surface area contributed by atoms with Gasteiger partial charge in [-0.2, -0.15) is 0 Å². The van der Waals surface area contributed by atoms with Crippen LogP contribution in [-0.2, 0) is 4.74 Å². The van der Waals surface area contributed by atoms with Crippen LogP contribution in [-0.4, -0.2) is 57.4 Å². The second-order valence-electron chi connectivity index (χ2n) is 3.67. The van der Waals surface area contributed by atoms with Gasteiger partial charge in [0.1, 0.15) is 0 Å². The number of likely N-dealkylation sites (tertiary alicyclic amines) is 1. The summed E-state index contributed by atoms with van der Waals surface area (Å²) in [5.74, 6) is 0. The van der Waals surface area contributed by atoms with Crippen LogP contribution < -0.4 is 10.6 Å². The molecule has 15 heavy (non-hydrogen) atoms. The first kappa shape index (κ1) is 12.3. The Balaban J connectivity index is 1.92. The Bertz CT molecular complexity index is 182. The summed E-state index contributed by atoms with van der Waals surface area (Å²) in [6.07, 6.45) is 2.28. The van der Waals surface area contributed by atoms with E-state index in [1.165, 1.54) is 0 Å². The number of nitrogens with zero attached hydrogens (tertiary/aromatic N) is 1. The number of carbonyl (C=O) groups is 1. The molecule has 0 radical (unpaired) electrons. The van der Waals surface area contributed by atoms with Crippen LogP contribution in [0.5, 0.6) is 0 Å². The number of ether oxygens (including phenoxy) is 1. The van der Waals surface area contributed by atoms with Gasteiger partial charge in [0.15, 0.2) is 0 Å². The predicted molar refractivity (Wildman–Crippen MR) is 59.0 cm³/mol. The Labute approximate surface area is 91.2 Å². The van der Waals surface area contributed by atoms with Crippen LogP contribution in [0.25, 0.3) is 0 Å². The van der Waals surface area contributed by atoms with Crippen LogP contribution in [0.2, 0.25) is 0 Å². The zero-order chi connectivity index (χ0) is 10.9. The van der Waals surface area contributed by atoms with E-state index < -0.39 is 0 Å². The minimum absolute atomic E-state index is 0.0704. The summed E-state index contributed by atoms with van der Waals surface area (Å²) in [5, 5.41) is 6.06. The van der Waals surface area contributed by atoms with E-state index in [1.54, 1.807) is 7.11 Å². The third kappa shape index (κ3) is 4.99. The maximum atomic E-state index is 11.5. The van der Waals surface area contributed by atoms with Gasteiger partial charge in [-0.15, -0.1) is 0 Å². The Morgan fingerprint density at radius 2 is 2.00 bits per heavy atom. The van der Waals surface area contributed by atoms with E-state index >= 15 is 0 Å². The Kier molecular flexibility index (Phi) is 6.11. The van der Waals surface area contributed by atoms with Crippen LogP contribution in [0.3, 0.4) is 0 Å². The molecule has 5 heteroatoms. The van der Waals surface area contributed by atoms with Gasteiger partial charge in [-0.25, -0.2) is 4.79 Å². The molecule has 0 aromatic heterocycles. The molecule has 0 aromatic carbocycles. The number of carbonyl (C=O) groups excluding carboxylic acids is 1. The predicted octanol–water partition coefficient (Wildman–Crippen LogP) is 0.0278. The summed E-state index contributed by atoms with van der Waals surface area (Å²) in [5.41, 5.74) is 0. The topological polar surface area (TPSA) is 53.6 Å². The van der Waals surface area contributed by atoms with Crippen LogP contribution in [0, 0.1) is 0 Å². The molecule has 0 unspecified atom stereocenters. The molecule has 88 valence electrons. The first-order valence-corrected chi connectivity index (χ1v) is 5.57. The summed E-state index contributed by atoms with van der Waals surface area (Å²) in [6.45, 7) is 4.82. The molecule has 1 rings (SSSR count). The van der Waals surface area contributed by atoms with E-state index in [0.29, 0.717) is 13.2 Å². The quantitative estimate of drug-likeness (QED) is 0.615. The molecule has 1 heterocycles. The van der Waals surface area contributed by atoms with Gasteiger partial charge >= 0.3 is 6.03 Å². The van der Waals surface area contributed by atoms with Crippen molar-refractivity contribution in [3.05, 3.63) is 0 Å². The van der Waals surface area contributed by atoms with E-state index in [2.05, 4.69) is 10.6 Å². The monoisotopic (exact) mass is 215 g/mol. The highest BCUT2D eigenvalue weighted by molar-refractivity contribution is 5.74. The summed E-state index contributed by atoms with van der Waals surface area (Å²) in [7, 11) is 1.68. The highest BCUT2D eigenvalue weighted by Crippen LogP contribution is 2.06. The van der Waals surface area contributed by atoms with Crippen molar-refractivity contribution in [2.24, 2.45) is 0 Å². The van der Waals surface area contributed by atoms with Crippen molar-refractivity contribution in [2.75, 3.05) is 46.4 Å². The van der Waals surface area contributed by atoms with E-state index in [9.17, 15) is 4.79 Å². The van der Waals surface area contributed by atoms with Crippen molar-refractivity contribution < 1.29 is 9.53 Å². The molecule has 0 bridgehead atoms. The number of hydrogen-bond acceptors (Lipinski definition) is 3. The molecule has 0 spiro atoms. The molecule has 1 aliphatic rings. The molecule has 1 saturated heterocycles. The SMILES string of the molecule is COCCNCCNC(=O)N1CCCC1. The van der Waals surface area contributed by atoms with Crippen molar-refractivity contribution in [1.82, 2.24) is 15.5 Å². The summed E-state index contributed by atoms with van der Waals surface area (Å²) in [4.78, 5) is 13.4. The summed E-state index contributed by atoms with van der Waals surface area (Å²) < 4.78 is 4.89. The van der Waals surface area contributed by atoms with E-state index in [-0.39, 0.29) is 6.03 Å².